The Labute approximate surface area is 190 Å². The van der Waals surface area contributed by atoms with Crippen molar-refractivity contribution >= 4 is 28.3 Å². The first-order valence-corrected chi connectivity index (χ1v) is 13.0. The number of nitrogens with one attached hydrogen (secondary N) is 2. The Morgan fingerprint density at radius 2 is 1.84 bits per heavy atom. The van der Waals surface area contributed by atoms with E-state index in [1.807, 2.05) is 13.8 Å². The summed E-state index contributed by atoms with van der Waals surface area (Å²) in [5.41, 5.74) is 7.71. The summed E-state index contributed by atoms with van der Waals surface area (Å²) in [6.07, 6.45) is 12.9. The average molecular weight is 447 g/mol. The highest BCUT2D eigenvalue weighted by atomic mass is 32.1. The van der Waals surface area contributed by atoms with Crippen LogP contribution in [0, 0.1) is 0 Å². The quantitative estimate of drug-likeness (QED) is 0.474. The van der Waals surface area contributed by atoms with E-state index >= 15 is 0 Å². The SMILES string of the molecule is CC(C)NC(=O)C1NCCc2nc(N(C(N)=NC3CCCCC3)C3CCCCC3)sc21. The standard InChI is InChI=1S/C23H38N6OS/c1-15(2)26-21(30)19-20-18(13-14-25-19)28-23(31-20)29(17-11-7-4-8-12-17)22(24)27-16-9-5-3-6-10-16/h15-17,19,25H,3-14H2,1-2H3,(H2,24,27)(H,26,30). The molecule has 1 aromatic rings. The average Bonchev–Trinajstić information content (AvgIpc) is 3.18. The van der Waals surface area contributed by atoms with Crippen molar-refractivity contribution in [3.8, 4) is 0 Å². The molecule has 7 nitrogen and oxygen atoms in total. The van der Waals surface area contributed by atoms with E-state index in [-0.39, 0.29) is 18.0 Å². The van der Waals surface area contributed by atoms with Gasteiger partial charge in [-0.2, -0.15) is 0 Å². The van der Waals surface area contributed by atoms with E-state index in [0.29, 0.717) is 18.0 Å². The molecule has 0 saturated heterocycles. The van der Waals surface area contributed by atoms with Crippen LogP contribution in [-0.2, 0) is 11.2 Å². The number of fused-ring (bicyclic) bond motifs is 1. The van der Waals surface area contributed by atoms with Crippen LogP contribution in [0.4, 0.5) is 5.13 Å². The van der Waals surface area contributed by atoms with E-state index in [4.69, 9.17) is 15.7 Å². The molecule has 1 aromatic heterocycles. The largest absolute Gasteiger partial charge is 0.369 e. The van der Waals surface area contributed by atoms with Gasteiger partial charge in [0.1, 0.15) is 6.04 Å². The van der Waals surface area contributed by atoms with Crippen molar-refractivity contribution in [1.82, 2.24) is 15.6 Å². The minimum absolute atomic E-state index is 0.0270. The molecule has 0 bridgehead atoms. The smallest absolute Gasteiger partial charge is 0.242 e. The number of anilines is 1. The maximum absolute atomic E-state index is 12.8. The van der Waals surface area contributed by atoms with Gasteiger partial charge in [0, 0.05) is 25.0 Å². The number of nitrogens with two attached hydrogens (primary N) is 1. The first-order valence-electron chi connectivity index (χ1n) is 12.2. The summed E-state index contributed by atoms with van der Waals surface area (Å²) in [6.45, 7) is 4.75. The van der Waals surface area contributed by atoms with E-state index in [1.54, 1.807) is 11.3 Å². The Morgan fingerprint density at radius 1 is 1.16 bits per heavy atom. The van der Waals surface area contributed by atoms with Gasteiger partial charge >= 0.3 is 0 Å². The zero-order valence-electron chi connectivity index (χ0n) is 19.0. The third-order valence-corrected chi connectivity index (χ3v) is 7.83. The molecule has 3 aliphatic rings. The number of carbonyl (C=O) groups is 1. The third-order valence-electron chi connectivity index (χ3n) is 6.66. The van der Waals surface area contributed by atoms with Crippen LogP contribution in [-0.4, -0.2) is 41.5 Å². The number of thiazole rings is 1. The fraction of sp³-hybridized carbons (Fsp3) is 0.783. The van der Waals surface area contributed by atoms with Gasteiger partial charge in [-0.15, -0.1) is 0 Å². The lowest BCUT2D eigenvalue weighted by Crippen LogP contribution is -2.46. The van der Waals surface area contributed by atoms with Crippen molar-refractivity contribution in [2.45, 2.75) is 109 Å². The molecule has 31 heavy (non-hydrogen) atoms. The van der Waals surface area contributed by atoms with Gasteiger partial charge in [-0.05, 0) is 39.5 Å². The van der Waals surface area contributed by atoms with Crippen LogP contribution in [0.25, 0.3) is 0 Å². The van der Waals surface area contributed by atoms with Crippen LogP contribution in [0.2, 0.25) is 0 Å². The Morgan fingerprint density at radius 3 is 2.52 bits per heavy atom. The number of aromatic nitrogens is 1. The Kier molecular flexibility index (Phi) is 7.48. The summed E-state index contributed by atoms with van der Waals surface area (Å²) < 4.78 is 0. The van der Waals surface area contributed by atoms with Crippen LogP contribution in [0.5, 0.6) is 0 Å². The minimum Gasteiger partial charge on any atom is -0.369 e. The fourth-order valence-corrected chi connectivity index (χ4v) is 6.37. The maximum atomic E-state index is 12.8. The lowest BCUT2D eigenvalue weighted by Gasteiger charge is -2.34. The first-order chi connectivity index (χ1) is 15.0. The second-order valence-electron chi connectivity index (χ2n) is 9.55. The second-order valence-corrected chi connectivity index (χ2v) is 10.6. The molecule has 4 rings (SSSR count). The molecule has 0 radical (unpaired) electrons. The van der Waals surface area contributed by atoms with Gasteiger partial charge in [0.2, 0.25) is 5.91 Å². The molecule has 1 aliphatic heterocycles. The van der Waals surface area contributed by atoms with Crippen molar-refractivity contribution < 1.29 is 4.79 Å². The van der Waals surface area contributed by atoms with Crippen LogP contribution in [0.1, 0.15) is 94.7 Å². The minimum atomic E-state index is -0.331. The summed E-state index contributed by atoms with van der Waals surface area (Å²) in [6, 6.07) is 0.469. The monoisotopic (exact) mass is 446 g/mol. The van der Waals surface area contributed by atoms with E-state index in [2.05, 4.69) is 15.5 Å². The molecule has 0 spiro atoms. The molecule has 1 atom stereocenters. The van der Waals surface area contributed by atoms with Crippen molar-refractivity contribution in [1.29, 1.82) is 0 Å². The van der Waals surface area contributed by atoms with Gasteiger partial charge in [0.05, 0.1) is 16.6 Å². The highest BCUT2D eigenvalue weighted by molar-refractivity contribution is 7.16. The van der Waals surface area contributed by atoms with Gasteiger partial charge in [0.25, 0.3) is 0 Å². The molecular formula is C23H38N6OS. The van der Waals surface area contributed by atoms with Crippen LogP contribution in [0.15, 0.2) is 4.99 Å². The molecular weight excluding hydrogens is 408 g/mol. The number of hydrogen-bond acceptors (Lipinski definition) is 5. The zero-order valence-corrected chi connectivity index (χ0v) is 19.8. The molecule has 2 aliphatic carbocycles. The molecule has 1 amide bonds. The lowest BCUT2D eigenvalue weighted by molar-refractivity contribution is -0.123. The summed E-state index contributed by atoms with van der Waals surface area (Å²) in [5.74, 6) is 0.653. The summed E-state index contributed by atoms with van der Waals surface area (Å²) in [4.78, 5) is 26.0. The van der Waals surface area contributed by atoms with E-state index in [9.17, 15) is 4.79 Å². The van der Waals surface area contributed by atoms with E-state index in [1.165, 1.54) is 38.5 Å². The molecule has 1 unspecified atom stereocenters. The van der Waals surface area contributed by atoms with E-state index in [0.717, 1.165) is 54.4 Å². The highest BCUT2D eigenvalue weighted by Gasteiger charge is 2.34. The zero-order chi connectivity index (χ0) is 21.8. The normalized spacial score (nSPS) is 23.6. The van der Waals surface area contributed by atoms with Crippen molar-refractivity contribution in [3.05, 3.63) is 10.6 Å². The van der Waals surface area contributed by atoms with Gasteiger partial charge < -0.3 is 16.4 Å². The van der Waals surface area contributed by atoms with Crippen molar-refractivity contribution in [2.75, 3.05) is 11.4 Å². The number of hydrogen-bond donors (Lipinski definition) is 3. The Balaban J connectivity index is 1.63. The molecule has 0 aromatic carbocycles. The first kappa shape index (κ1) is 22.5. The highest BCUT2D eigenvalue weighted by Crippen LogP contribution is 2.37. The predicted molar refractivity (Wildman–Crippen MR) is 128 cm³/mol. The van der Waals surface area contributed by atoms with Crippen LogP contribution in [0.3, 0.4) is 0 Å². The Bertz CT molecular complexity index is 779. The molecule has 2 saturated carbocycles. The lowest BCUT2D eigenvalue weighted by atomic mass is 9.94. The Hall–Kier alpha value is -1.67. The van der Waals surface area contributed by atoms with Crippen molar-refractivity contribution in [2.24, 2.45) is 10.7 Å². The van der Waals surface area contributed by atoms with Crippen molar-refractivity contribution in [3.63, 3.8) is 0 Å². The third kappa shape index (κ3) is 5.40. The van der Waals surface area contributed by atoms with E-state index < -0.39 is 0 Å². The topological polar surface area (TPSA) is 95.6 Å². The van der Waals surface area contributed by atoms with Gasteiger partial charge in [0.15, 0.2) is 11.1 Å². The summed E-state index contributed by atoms with van der Waals surface area (Å²) in [5, 5.41) is 7.35. The van der Waals surface area contributed by atoms with Crippen LogP contribution >= 0.6 is 11.3 Å². The molecule has 172 valence electrons. The number of carbonyl (C=O) groups excluding carboxylic acids is 1. The van der Waals surface area contributed by atoms with Crippen LogP contribution < -0.4 is 21.3 Å². The number of rotatable bonds is 5. The molecule has 4 N–H and O–H groups in total. The number of guanidine groups is 1. The fourth-order valence-electron chi connectivity index (χ4n) is 5.11. The summed E-state index contributed by atoms with van der Waals surface area (Å²) >= 11 is 1.62. The maximum Gasteiger partial charge on any atom is 0.242 e. The van der Waals surface area contributed by atoms with Gasteiger partial charge in [-0.1, -0.05) is 49.9 Å². The van der Waals surface area contributed by atoms with Gasteiger partial charge in [-0.3, -0.25) is 9.69 Å². The number of aliphatic imine (C=N–C) groups is 1. The molecule has 2 heterocycles. The number of nitrogens with zero attached hydrogens (tertiary/aromatic N) is 3. The second kappa shape index (κ2) is 10.3. The predicted octanol–water partition coefficient (Wildman–Crippen LogP) is 3.64. The van der Waals surface area contributed by atoms with Gasteiger partial charge in [-0.25, -0.2) is 9.98 Å². The molecule has 8 heteroatoms. The number of amides is 1. The summed E-state index contributed by atoms with van der Waals surface area (Å²) in [7, 11) is 0. The molecule has 2 fully saturated rings.